The van der Waals surface area contributed by atoms with Crippen LogP contribution >= 0.6 is 11.6 Å². The summed E-state index contributed by atoms with van der Waals surface area (Å²) in [5, 5.41) is 16.0. The summed E-state index contributed by atoms with van der Waals surface area (Å²) in [6.07, 6.45) is -1.21. The number of alkyl carbamates (subject to hydrolysis) is 1. The van der Waals surface area contributed by atoms with Crippen LogP contribution in [0.25, 0.3) is 5.69 Å². The molecular formula is C19H22ClN3O6. The zero-order valence-electron chi connectivity index (χ0n) is 16.4. The Labute approximate surface area is 172 Å². The van der Waals surface area contributed by atoms with Gasteiger partial charge in [0.25, 0.3) is 0 Å². The number of hydrogen-bond donors (Lipinski definition) is 2. The van der Waals surface area contributed by atoms with Crippen molar-refractivity contribution in [3.63, 3.8) is 0 Å². The number of rotatable bonds is 6. The second-order valence-corrected chi connectivity index (χ2v) is 7.46. The third-order valence-electron chi connectivity index (χ3n) is 3.70. The summed E-state index contributed by atoms with van der Waals surface area (Å²) in [4.78, 5) is 35.9. The molecule has 1 amide bonds. The lowest BCUT2D eigenvalue weighted by molar-refractivity contribution is -0.139. The molecule has 0 spiro atoms. The van der Waals surface area contributed by atoms with Crippen molar-refractivity contribution in [1.82, 2.24) is 15.1 Å². The van der Waals surface area contributed by atoms with Gasteiger partial charge in [-0.05, 0) is 32.9 Å². The van der Waals surface area contributed by atoms with Crippen LogP contribution in [0.1, 0.15) is 36.8 Å². The van der Waals surface area contributed by atoms with Gasteiger partial charge in [-0.25, -0.2) is 19.1 Å². The summed E-state index contributed by atoms with van der Waals surface area (Å²) in [7, 11) is 1.18. The van der Waals surface area contributed by atoms with E-state index in [2.05, 4.69) is 10.4 Å². The Hall–Kier alpha value is -3.07. The number of aliphatic carboxylic acids is 1. The van der Waals surface area contributed by atoms with Gasteiger partial charge in [-0.2, -0.15) is 5.10 Å². The predicted octanol–water partition coefficient (Wildman–Crippen LogP) is 2.83. The Morgan fingerprint density at radius 1 is 1.24 bits per heavy atom. The van der Waals surface area contributed by atoms with Crippen molar-refractivity contribution in [1.29, 1.82) is 0 Å². The number of ether oxygens (including phenoxy) is 2. The number of methoxy groups -OCH3 is 1. The molecule has 156 valence electrons. The topological polar surface area (TPSA) is 120 Å². The number of benzene rings is 1. The van der Waals surface area contributed by atoms with Gasteiger partial charge in [-0.15, -0.1) is 0 Å². The fourth-order valence-electron chi connectivity index (χ4n) is 2.47. The second kappa shape index (κ2) is 8.95. The summed E-state index contributed by atoms with van der Waals surface area (Å²) < 4.78 is 11.1. The largest absolute Gasteiger partial charge is 0.480 e. The summed E-state index contributed by atoms with van der Waals surface area (Å²) >= 11 is 6.41. The van der Waals surface area contributed by atoms with Crippen molar-refractivity contribution in [2.75, 3.05) is 7.11 Å². The van der Waals surface area contributed by atoms with E-state index >= 15 is 0 Å². The van der Waals surface area contributed by atoms with E-state index in [1.807, 2.05) is 0 Å². The van der Waals surface area contributed by atoms with Crippen molar-refractivity contribution in [2.45, 2.75) is 38.8 Å². The van der Waals surface area contributed by atoms with E-state index in [1.165, 1.54) is 11.8 Å². The molecule has 2 N–H and O–H groups in total. The standard InChI is InChI=1S/C19H22ClN3O6/c1-19(2,3)29-18(27)21-13(16(24)25)10-12-14(17(26)28-4)22-23(15(12)20)11-8-6-5-7-9-11/h5-9,13H,10H2,1-4H3,(H,21,27)(H,24,25). The molecule has 0 aliphatic heterocycles. The van der Waals surface area contributed by atoms with Crippen molar-refractivity contribution in [2.24, 2.45) is 0 Å². The van der Waals surface area contributed by atoms with Crippen LogP contribution < -0.4 is 5.32 Å². The van der Waals surface area contributed by atoms with E-state index < -0.39 is 29.7 Å². The van der Waals surface area contributed by atoms with Crippen molar-refractivity contribution < 1.29 is 29.0 Å². The first-order chi connectivity index (χ1) is 13.5. The number of para-hydroxylation sites is 1. The zero-order chi connectivity index (χ0) is 21.8. The molecule has 9 nitrogen and oxygen atoms in total. The molecule has 1 aromatic carbocycles. The Bertz CT molecular complexity index is 905. The molecule has 29 heavy (non-hydrogen) atoms. The maximum atomic E-state index is 12.2. The fraction of sp³-hybridized carbons (Fsp3) is 0.368. The van der Waals surface area contributed by atoms with Gasteiger partial charge in [0.15, 0.2) is 5.69 Å². The monoisotopic (exact) mass is 423 g/mol. The van der Waals surface area contributed by atoms with Crippen LogP contribution in [-0.4, -0.2) is 51.7 Å². The van der Waals surface area contributed by atoms with Crippen LogP contribution in [0.4, 0.5) is 4.79 Å². The maximum Gasteiger partial charge on any atom is 0.408 e. The average molecular weight is 424 g/mol. The number of nitrogens with zero attached hydrogens (tertiary/aromatic N) is 2. The lowest BCUT2D eigenvalue weighted by atomic mass is 10.1. The Kier molecular flexibility index (Phi) is 6.86. The molecule has 2 aromatic rings. The van der Waals surface area contributed by atoms with Gasteiger partial charge >= 0.3 is 18.0 Å². The van der Waals surface area contributed by atoms with Crippen molar-refractivity contribution >= 4 is 29.6 Å². The molecule has 0 radical (unpaired) electrons. The van der Waals surface area contributed by atoms with E-state index in [0.717, 1.165) is 0 Å². The third-order valence-corrected chi connectivity index (χ3v) is 4.09. The summed E-state index contributed by atoms with van der Waals surface area (Å²) in [6, 6.07) is 7.35. The summed E-state index contributed by atoms with van der Waals surface area (Å²) in [5.74, 6) is -2.10. The van der Waals surface area contributed by atoms with E-state index in [9.17, 15) is 19.5 Å². The summed E-state index contributed by atoms with van der Waals surface area (Å²) in [6.45, 7) is 4.95. The number of amides is 1. The van der Waals surface area contributed by atoms with Crippen LogP contribution in [0, 0.1) is 0 Å². The number of halogens is 1. The second-order valence-electron chi connectivity index (χ2n) is 7.10. The molecule has 0 fully saturated rings. The number of hydrogen-bond acceptors (Lipinski definition) is 6. The van der Waals surface area contributed by atoms with Crippen LogP contribution in [0.5, 0.6) is 0 Å². The van der Waals surface area contributed by atoms with Gasteiger partial charge in [0.05, 0.1) is 12.8 Å². The van der Waals surface area contributed by atoms with E-state index in [1.54, 1.807) is 51.1 Å². The van der Waals surface area contributed by atoms with Gasteiger partial charge in [0.1, 0.15) is 16.8 Å². The van der Waals surface area contributed by atoms with Crippen molar-refractivity contribution in [3.05, 3.63) is 46.7 Å². The van der Waals surface area contributed by atoms with Crippen LogP contribution in [0.2, 0.25) is 5.15 Å². The molecule has 1 atom stereocenters. The molecule has 0 saturated heterocycles. The normalized spacial score (nSPS) is 12.2. The molecule has 1 unspecified atom stereocenters. The minimum absolute atomic E-state index is 0.0360. The third kappa shape index (κ3) is 5.71. The predicted molar refractivity (Wildman–Crippen MR) is 104 cm³/mol. The van der Waals surface area contributed by atoms with Gasteiger partial charge in [0.2, 0.25) is 0 Å². The lowest BCUT2D eigenvalue weighted by Crippen LogP contribution is -2.44. The molecule has 10 heteroatoms. The lowest BCUT2D eigenvalue weighted by Gasteiger charge is -2.22. The average Bonchev–Trinajstić information content (AvgIpc) is 2.96. The number of esters is 1. The smallest absolute Gasteiger partial charge is 0.408 e. The molecule has 1 heterocycles. The molecule has 1 aromatic heterocycles. The highest BCUT2D eigenvalue weighted by molar-refractivity contribution is 6.31. The van der Waals surface area contributed by atoms with Gasteiger partial charge in [0, 0.05) is 12.0 Å². The fourth-order valence-corrected chi connectivity index (χ4v) is 2.77. The highest BCUT2D eigenvalue weighted by Gasteiger charge is 2.30. The Balaban J connectivity index is 2.40. The van der Waals surface area contributed by atoms with E-state index in [4.69, 9.17) is 21.1 Å². The van der Waals surface area contributed by atoms with Gasteiger partial charge in [-0.1, -0.05) is 29.8 Å². The SMILES string of the molecule is COC(=O)c1nn(-c2ccccc2)c(Cl)c1CC(NC(=O)OC(C)(C)C)C(=O)O. The minimum Gasteiger partial charge on any atom is -0.480 e. The minimum atomic E-state index is -1.40. The quantitative estimate of drug-likeness (QED) is 0.685. The Morgan fingerprint density at radius 3 is 2.38 bits per heavy atom. The van der Waals surface area contributed by atoms with E-state index in [0.29, 0.717) is 5.69 Å². The zero-order valence-corrected chi connectivity index (χ0v) is 17.2. The van der Waals surface area contributed by atoms with Gasteiger partial charge in [-0.3, -0.25) is 0 Å². The van der Waals surface area contributed by atoms with Gasteiger partial charge < -0.3 is 19.9 Å². The van der Waals surface area contributed by atoms with Crippen molar-refractivity contribution in [3.8, 4) is 5.69 Å². The molecular weight excluding hydrogens is 402 g/mol. The highest BCUT2D eigenvalue weighted by atomic mass is 35.5. The maximum absolute atomic E-state index is 12.2. The first-order valence-corrected chi connectivity index (χ1v) is 9.04. The van der Waals surface area contributed by atoms with E-state index in [-0.39, 0.29) is 22.8 Å². The molecule has 0 saturated carbocycles. The Morgan fingerprint density at radius 2 is 1.86 bits per heavy atom. The van der Waals surface area contributed by atoms with Crippen LogP contribution in [0.15, 0.2) is 30.3 Å². The molecule has 2 rings (SSSR count). The number of carbonyl (C=O) groups is 3. The number of carbonyl (C=O) groups excluding carboxylic acids is 2. The molecule has 0 aliphatic rings. The summed E-state index contributed by atoms with van der Waals surface area (Å²) in [5.41, 5.74) is -0.245. The highest BCUT2D eigenvalue weighted by Crippen LogP contribution is 2.26. The number of carboxylic acids is 1. The first-order valence-electron chi connectivity index (χ1n) is 8.67. The number of aromatic nitrogens is 2. The number of carboxylic acid groups (broad SMARTS) is 1. The number of nitrogens with one attached hydrogen (secondary N) is 1. The first kappa shape index (κ1) is 22.2. The van der Waals surface area contributed by atoms with Crippen LogP contribution in [0.3, 0.4) is 0 Å². The van der Waals surface area contributed by atoms with Crippen LogP contribution in [-0.2, 0) is 20.7 Å². The molecule has 0 bridgehead atoms. The molecule has 0 aliphatic carbocycles.